The molecule has 1 fully saturated rings. The Bertz CT molecular complexity index is 1900. The van der Waals surface area contributed by atoms with Gasteiger partial charge in [-0.05, 0) is 77.1 Å². The summed E-state index contributed by atoms with van der Waals surface area (Å²) in [6.07, 6.45) is -2.98. The number of alkyl halides is 3. The fourth-order valence-corrected chi connectivity index (χ4v) is 8.25. The van der Waals surface area contributed by atoms with Crippen LogP contribution in [-0.2, 0) is 14.3 Å². The van der Waals surface area contributed by atoms with Gasteiger partial charge in [0, 0.05) is 57.1 Å². The van der Waals surface area contributed by atoms with Gasteiger partial charge < -0.3 is 14.4 Å². The van der Waals surface area contributed by atoms with Crippen molar-refractivity contribution in [2.75, 3.05) is 33.4 Å². The van der Waals surface area contributed by atoms with Crippen molar-refractivity contribution in [1.29, 1.82) is 0 Å². The third kappa shape index (κ3) is 7.27. The topological polar surface area (TPSA) is 93.6 Å². The van der Waals surface area contributed by atoms with E-state index in [0.29, 0.717) is 71.6 Å². The third-order valence-corrected chi connectivity index (χ3v) is 10.7. The summed E-state index contributed by atoms with van der Waals surface area (Å²) in [7, 11) is 1.33. The van der Waals surface area contributed by atoms with Crippen LogP contribution in [0.4, 0.5) is 13.2 Å². The predicted molar refractivity (Wildman–Crippen MR) is 182 cm³/mol. The van der Waals surface area contributed by atoms with E-state index in [0.717, 1.165) is 33.5 Å². The summed E-state index contributed by atoms with van der Waals surface area (Å²) in [5.41, 5.74) is 4.89. The average molecular weight is 717 g/mol. The van der Waals surface area contributed by atoms with Crippen molar-refractivity contribution in [3.63, 3.8) is 0 Å². The molecular formula is C35H36ClF3N4O5S. The molecule has 1 saturated heterocycles. The lowest BCUT2D eigenvalue weighted by Crippen LogP contribution is -2.53. The zero-order valence-electron chi connectivity index (χ0n) is 27.6. The number of carbonyl (C=O) groups is 1. The number of methoxy groups -OCH3 is 1. The van der Waals surface area contributed by atoms with Crippen LogP contribution in [0.25, 0.3) is 21.3 Å². The lowest BCUT2D eigenvalue weighted by Gasteiger charge is -2.48. The van der Waals surface area contributed by atoms with E-state index in [1.807, 2.05) is 30.9 Å². The van der Waals surface area contributed by atoms with Gasteiger partial charge in [0.05, 0.1) is 35.5 Å². The molecule has 6 rings (SSSR count). The second kappa shape index (κ2) is 13.9. The summed E-state index contributed by atoms with van der Waals surface area (Å²) in [5, 5.41) is 2.24. The maximum Gasteiger partial charge on any atom is 0.522 e. The van der Waals surface area contributed by atoms with Crippen LogP contribution in [0, 0.1) is 6.92 Å². The van der Waals surface area contributed by atoms with Crippen molar-refractivity contribution in [2.45, 2.75) is 70.9 Å². The van der Waals surface area contributed by atoms with E-state index in [1.165, 1.54) is 18.4 Å². The zero-order chi connectivity index (χ0) is 35.1. The Kier molecular flexibility index (Phi) is 9.94. The number of amidine groups is 1. The second-order valence-corrected chi connectivity index (χ2v) is 14.0. The van der Waals surface area contributed by atoms with Gasteiger partial charge in [-0.3, -0.25) is 14.6 Å². The molecule has 3 aromatic rings. The maximum absolute atomic E-state index is 12.8. The first-order valence-corrected chi connectivity index (χ1v) is 17.3. The van der Waals surface area contributed by atoms with E-state index in [9.17, 15) is 22.8 Å². The van der Waals surface area contributed by atoms with Crippen LogP contribution in [0.5, 0.6) is 5.75 Å². The van der Waals surface area contributed by atoms with Crippen LogP contribution in [-0.4, -0.2) is 83.9 Å². The number of hydrogen-bond acceptors (Lipinski definition) is 10. The molecule has 260 valence electrons. The molecule has 2 aromatic heterocycles. The maximum atomic E-state index is 12.8. The molecule has 0 radical (unpaired) electrons. The largest absolute Gasteiger partial charge is 0.522 e. The van der Waals surface area contributed by atoms with Crippen LogP contribution in [0.1, 0.15) is 62.0 Å². The SMILES string of the molecule is COC(=O)c1csc2c(-c3cc(Cl)ccc3OCCN3C(=C=O)C4=C(CCC(C)(N5CCC(OC(F)(F)F)CC5)C4)N=C3C)cc(C)nc12. The third-order valence-electron chi connectivity index (χ3n) is 9.51. The number of ether oxygens (including phenoxy) is 3. The van der Waals surface area contributed by atoms with Gasteiger partial charge in [-0.2, -0.15) is 0 Å². The molecule has 1 atom stereocenters. The summed E-state index contributed by atoms with van der Waals surface area (Å²) in [6.45, 7) is 7.26. The highest BCUT2D eigenvalue weighted by atomic mass is 35.5. The number of esters is 1. The number of carbonyl (C=O) groups excluding carboxylic acids is 2. The number of benzene rings is 1. The Morgan fingerprint density at radius 3 is 2.63 bits per heavy atom. The van der Waals surface area contributed by atoms with Gasteiger partial charge in [0.25, 0.3) is 0 Å². The highest BCUT2D eigenvalue weighted by Gasteiger charge is 2.43. The van der Waals surface area contributed by atoms with Crippen LogP contribution >= 0.6 is 22.9 Å². The Hall–Kier alpha value is -3.74. The molecule has 49 heavy (non-hydrogen) atoms. The fourth-order valence-electron chi connectivity index (χ4n) is 7.07. The number of aliphatic imine (C=N–C) groups is 1. The van der Waals surface area contributed by atoms with E-state index in [4.69, 9.17) is 26.1 Å². The van der Waals surface area contributed by atoms with Crippen LogP contribution in [0.15, 0.2) is 51.6 Å². The predicted octanol–water partition coefficient (Wildman–Crippen LogP) is 7.74. The molecule has 1 unspecified atom stereocenters. The van der Waals surface area contributed by atoms with Crippen molar-refractivity contribution >= 4 is 50.9 Å². The number of fused-ring (bicyclic) bond motifs is 1. The first kappa shape index (κ1) is 35.1. The summed E-state index contributed by atoms with van der Waals surface area (Å²) in [4.78, 5) is 38.4. The lowest BCUT2D eigenvalue weighted by molar-refractivity contribution is -0.346. The number of allylic oxidation sites excluding steroid dienone is 2. The number of pyridine rings is 1. The van der Waals surface area contributed by atoms with E-state index in [-0.39, 0.29) is 25.0 Å². The number of rotatable bonds is 8. The second-order valence-electron chi connectivity index (χ2n) is 12.7. The Balaban J connectivity index is 1.18. The van der Waals surface area contributed by atoms with Crippen molar-refractivity contribution in [3.8, 4) is 16.9 Å². The summed E-state index contributed by atoms with van der Waals surface area (Å²) >= 11 is 7.84. The minimum absolute atomic E-state index is 0.199. The number of hydrogen-bond donors (Lipinski definition) is 0. The van der Waals surface area contributed by atoms with Crippen molar-refractivity contribution in [3.05, 3.63) is 62.9 Å². The highest BCUT2D eigenvalue weighted by molar-refractivity contribution is 7.18. The molecule has 0 bridgehead atoms. The fraction of sp³-hybridized carbons (Fsp3) is 0.457. The molecule has 3 aliphatic rings. The first-order chi connectivity index (χ1) is 23.3. The molecule has 0 N–H and O–H groups in total. The Morgan fingerprint density at radius 1 is 1.18 bits per heavy atom. The molecule has 9 nitrogen and oxygen atoms in total. The Labute approximate surface area is 291 Å². The number of halogens is 4. The number of aromatic nitrogens is 1. The summed E-state index contributed by atoms with van der Waals surface area (Å²) < 4.78 is 54.7. The van der Waals surface area contributed by atoms with Crippen molar-refractivity contribution in [1.82, 2.24) is 14.8 Å². The standard InChI is InChI=1S/C35H36ClF3N4O5S/c1-20-15-25(32-31(40-20)27(19-49-32)33(45)46-4)24-16-22(36)5-6-30(24)47-14-13-43-21(2)41-28-7-10-34(3,17-26(28)29(43)18-44)42-11-8-23(9-12-42)48-35(37,38)39/h5-6,15-16,19,23H,7-14,17H2,1-4H3. The van der Waals surface area contributed by atoms with Crippen LogP contribution in [0.2, 0.25) is 5.02 Å². The molecule has 0 amide bonds. The average Bonchev–Trinajstić information content (AvgIpc) is 3.48. The van der Waals surface area contributed by atoms with Gasteiger partial charge >= 0.3 is 12.3 Å². The zero-order valence-corrected chi connectivity index (χ0v) is 29.2. The molecule has 1 aromatic carbocycles. The van der Waals surface area contributed by atoms with Gasteiger partial charge in [0.15, 0.2) is 5.94 Å². The van der Waals surface area contributed by atoms with Gasteiger partial charge in [0.2, 0.25) is 0 Å². The number of thiophene rings is 1. The summed E-state index contributed by atoms with van der Waals surface area (Å²) in [5.74, 6) is 2.93. The van der Waals surface area contributed by atoms with Crippen molar-refractivity contribution in [2.24, 2.45) is 4.99 Å². The minimum Gasteiger partial charge on any atom is -0.491 e. The molecule has 14 heteroatoms. The van der Waals surface area contributed by atoms with Gasteiger partial charge in [-0.25, -0.2) is 14.6 Å². The first-order valence-electron chi connectivity index (χ1n) is 16.0. The number of likely N-dealkylation sites (tertiary alicyclic amines) is 1. The van der Waals surface area contributed by atoms with Crippen LogP contribution in [0.3, 0.4) is 0 Å². The molecular weight excluding hydrogens is 681 g/mol. The van der Waals surface area contributed by atoms with Gasteiger partial charge in [-0.15, -0.1) is 24.5 Å². The molecule has 0 saturated carbocycles. The molecule has 1 aliphatic carbocycles. The summed E-state index contributed by atoms with van der Waals surface area (Å²) in [6, 6.07) is 7.26. The van der Waals surface area contributed by atoms with E-state index in [2.05, 4.69) is 27.5 Å². The van der Waals surface area contributed by atoms with Crippen LogP contribution < -0.4 is 4.74 Å². The lowest BCUT2D eigenvalue weighted by atomic mass is 9.77. The Morgan fingerprint density at radius 2 is 1.94 bits per heavy atom. The normalized spacial score (nSPS) is 20.7. The minimum atomic E-state index is -4.64. The molecule has 2 aliphatic heterocycles. The van der Waals surface area contributed by atoms with E-state index >= 15 is 0 Å². The van der Waals surface area contributed by atoms with E-state index in [1.54, 1.807) is 17.5 Å². The number of piperidine rings is 1. The number of aryl methyl sites for hydroxylation is 1. The smallest absolute Gasteiger partial charge is 0.491 e. The van der Waals surface area contributed by atoms with Crippen molar-refractivity contribution < 1.29 is 37.0 Å². The highest BCUT2D eigenvalue weighted by Crippen LogP contribution is 2.44. The molecule has 4 heterocycles. The van der Waals surface area contributed by atoms with E-state index < -0.39 is 18.4 Å². The quantitative estimate of drug-likeness (QED) is 0.173. The van der Waals surface area contributed by atoms with Gasteiger partial charge in [0.1, 0.15) is 23.9 Å². The van der Waals surface area contributed by atoms with Gasteiger partial charge in [-0.1, -0.05) is 11.6 Å². The number of nitrogens with zero attached hydrogens (tertiary/aromatic N) is 4. The molecule has 0 spiro atoms. The monoisotopic (exact) mass is 716 g/mol.